The molecule has 6 nitrogen and oxygen atoms in total. The van der Waals surface area contributed by atoms with Crippen molar-refractivity contribution in [1.82, 2.24) is 20.5 Å². The minimum absolute atomic E-state index is 0. The Morgan fingerprint density at radius 3 is 2.57 bits per heavy atom. The van der Waals surface area contributed by atoms with Crippen LogP contribution in [0.4, 0.5) is 5.82 Å². The van der Waals surface area contributed by atoms with Crippen LogP contribution in [0, 0.1) is 0 Å². The maximum atomic E-state index is 12.0. The van der Waals surface area contributed by atoms with Crippen molar-refractivity contribution < 1.29 is 4.79 Å². The number of nitrogens with zero attached hydrogens (tertiary/aromatic N) is 3. The number of nitrogens with one attached hydrogen (secondary N) is 2. The molecule has 0 unspecified atom stereocenters. The van der Waals surface area contributed by atoms with Gasteiger partial charge in [-0.05, 0) is 25.1 Å². The molecule has 1 aliphatic heterocycles. The number of piperazine rings is 1. The van der Waals surface area contributed by atoms with E-state index in [1.807, 2.05) is 31.1 Å². The van der Waals surface area contributed by atoms with Gasteiger partial charge in [0.2, 0.25) is 0 Å². The highest BCUT2D eigenvalue weighted by molar-refractivity contribution is 5.94. The fourth-order valence-corrected chi connectivity index (χ4v) is 2.33. The summed E-state index contributed by atoms with van der Waals surface area (Å²) < 4.78 is 0. The molecule has 8 heteroatoms. The Morgan fingerprint density at radius 1 is 1.30 bits per heavy atom. The Labute approximate surface area is 150 Å². The molecule has 23 heavy (non-hydrogen) atoms. The molecule has 2 N–H and O–H groups in total. The van der Waals surface area contributed by atoms with Crippen LogP contribution in [0.5, 0.6) is 0 Å². The van der Waals surface area contributed by atoms with Crippen molar-refractivity contribution in [2.75, 3.05) is 58.3 Å². The highest BCUT2D eigenvalue weighted by atomic mass is 35.5. The van der Waals surface area contributed by atoms with Crippen LogP contribution in [-0.2, 0) is 0 Å². The van der Waals surface area contributed by atoms with Gasteiger partial charge in [-0.25, -0.2) is 4.98 Å². The third kappa shape index (κ3) is 7.35. The molecule has 0 spiro atoms. The third-order valence-electron chi connectivity index (χ3n) is 3.61. The molecule has 132 valence electrons. The van der Waals surface area contributed by atoms with E-state index in [0.29, 0.717) is 12.1 Å². The summed E-state index contributed by atoms with van der Waals surface area (Å²) in [5.41, 5.74) is 0.614. The van der Waals surface area contributed by atoms with Gasteiger partial charge in [0, 0.05) is 53.0 Å². The van der Waals surface area contributed by atoms with Gasteiger partial charge in [-0.15, -0.1) is 24.8 Å². The Kier molecular flexibility index (Phi) is 10.9. The largest absolute Gasteiger partial charge is 0.363 e. The summed E-state index contributed by atoms with van der Waals surface area (Å²) in [6, 6.07) is 3.67. The summed E-state index contributed by atoms with van der Waals surface area (Å²) in [4.78, 5) is 20.6. The van der Waals surface area contributed by atoms with Gasteiger partial charge in [0.1, 0.15) is 5.82 Å². The van der Waals surface area contributed by atoms with Gasteiger partial charge in [0.05, 0.1) is 5.56 Å². The number of carbonyl (C=O) groups is 1. The number of carbonyl (C=O) groups excluding carboxylic acids is 1. The minimum atomic E-state index is -0.0480. The normalized spacial score (nSPS) is 14.3. The second-order valence-electron chi connectivity index (χ2n) is 5.50. The maximum Gasteiger partial charge on any atom is 0.252 e. The monoisotopic (exact) mass is 363 g/mol. The molecule has 1 amide bonds. The van der Waals surface area contributed by atoms with Crippen molar-refractivity contribution in [2.45, 2.75) is 6.42 Å². The standard InChI is InChI=1S/C15H25N5O.2ClH/c1-19(2)14-5-4-13(12-18-14)15(21)17-6-3-9-20-10-7-16-8-11-20;;/h4-5,12,16H,3,6-11H2,1-2H3,(H,17,21);2*1H. The molecule has 0 atom stereocenters. The molecular formula is C15H27Cl2N5O. The van der Waals surface area contributed by atoms with E-state index >= 15 is 0 Å². The summed E-state index contributed by atoms with van der Waals surface area (Å²) >= 11 is 0. The van der Waals surface area contributed by atoms with E-state index in [1.54, 1.807) is 6.20 Å². The van der Waals surface area contributed by atoms with Crippen LogP contribution in [0.1, 0.15) is 16.8 Å². The van der Waals surface area contributed by atoms with Crippen molar-refractivity contribution in [3.63, 3.8) is 0 Å². The fourth-order valence-electron chi connectivity index (χ4n) is 2.33. The topological polar surface area (TPSA) is 60.5 Å². The fraction of sp³-hybridized carbons (Fsp3) is 0.600. The molecule has 0 aliphatic carbocycles. The predicted octanol–water partition coefficient (Wildman–Crippen LogP) is 1.02. The van der Waals surface area contributed by atoms with E-state index in [1.165, 1.54) is 0 Å². The molecule has 0 radical (unpaired) electrons. The van der Waals surface area contributed by atoms with Crippen LogP contribution >= 0.6 is 24.8 Å². The Bertz CT molecular complexity index is 450. The minimum Gasteiger partial charge on any atom is -0.363 e. The predicted molar refractivity (Wildman–Crippen MR) is 99.3 cm³/mol. The van der Waals surface area contributed by atoms with Gasteiger partial charge in [0.25, 0.3) is 5.91 Å². The molecule has 0 bridgehead atoms. The molecular weight excluding hydrogens is 337 g/mol. The molecule has 0 aromatic carbocycles. The van der Waals surface area contributed by atoms with Gasteiger partial charge in [0.15, 0.2) is 0 Å². The summed E-state index contributed by atoms with van der Waals surface area (Å²) in [5.74, 6) is 0.804. The van der Waals surface area contributed by atoms with Crippen LogP contribution < -0.4 is 15.5 Å². The van der Waals surface area contributed by atoms with Crippen LogP contribution in [0.15, 0.2) is 18.3 Å². The smallest absolute Gasteiger partial charge is 0.252 e. The van der Waals surface area contributed by atoms with Gasteiger partial charge >= 0.3 is 0 Å². The molecule has 1 fully saturated rings. The molecule has 2 heterocycles. The average molecular weight is 364 g/mol. The SMILES string of the molecule is CN(C)c1ccc(C(=O)NCCCN2CCNCC2)cn1.Cl.Cl. The van der Waals surface area contributed by atoms with Crippen molar-refractivity contribution in [3.05, 3.63) is 23.9 Å². The second-order valence-corrected chi connectivity index (χ2v) is 5.50. The zero-order valence-electron chi connectivity index (χ0n) is 13.7. The number of amides is 1. The Balaban J connectivity index is 0.00000242. The number of halogens is 2. The first kappa shape index (κ1) is 21.9. The first-order valence-electron chi connectivity index (χ1n) is 7.51. The van der Waals surface area contributed by atoms with Crippen LogP contribution in [0.2, 0.25) is 0 Å². The number of aromatic nitrogens is 1. The lowest BCUT2D eigenvalue weighted by Gasteiger charge is -2.27. The quantitative estimate of drug-likeness (QED) is 0.738. The molecule has 1 aliphatic rings. The van der Waals surface area contributed by atoms with Crippen LogP contribution in [0.3, 0.4) is 0 Å². The lowest BCUT2D eigenvalue weighted by Crippen LogP contribution is -2.44. The molecule has 1 aromatic heterocycles. The van der Waals surface area contributed by atoms with Gasteiger partial charge in [-0.3, -0.25) is 4.79 Å². The maximum absolute atomic E-state index is 12.0. The lowest BCUT2D eigenvalue weighted by molar-refractivity contribution is 0.0951. The van der Waals surface area contributed by atoms with Crippen LogP contribution in [-0.4, -0.2) is 69.2 Å². The second kappa shape index (κ2) is 11.5. The van der Waals surface area contributed by atoms with Gasteiger partial charge in [-0.2, -0.15) is 0 Å². The van der Waals surface area contributed by atoms with Gasteiger partial charge in [-0.1, -0.05) is 0 Å². The van der Waals surface area contributed by atoms with Crippen molar-refractivity contribution >= 4 is 36.5 Å². The average Bonchev–Trinajstić information content (AvgIpc) is 2.52. The molecule has 1 aromatic rings. The van der Waals surface area contributed by atoms with E-state index in [2.05, 4.69) is 20.5 Å². The molecule has 2 rings (SSSR count). The van der Waals surface area contributed by atoms with E-state index in [-0.39, 0.29) is 30.7 Å². The van der Waals surface area contributed by atoms with Crippen molar-refractivity contribution in [1.29, 1.82) is 0 Å². The highest BCUT2D eigenvalue weighted by Gasteiger charge is 2.09. The molecule has 1 saturated heterocycles. The van der Waals surface area contributed by atoms with E-state index < -0.39 is 0 Å². The number of anilines is 1. The zero-order chi connectivity index (χ0) is 15.1. The Morgan fingerprint density at radius 2 is 2.00 bits per heavy atom. The number of rotatable bonds is 6. The summed E-state index contributed by atoms with van der Waals surface area (Å²) in [6.07, 6.45) is 2.61. The number of hydrogen-bond acceptors (Lipinski definition) is 5. The lowest BCUT2D eigenvalue weighted by atomic mass is 10.2. The Hall–Kier alpha value is -1.08. The highest BCUT2D eigenvalue weighted by Crippen LogP contribution is 2.07. The first-order valence-corrected chi connectivity index (χ1v) is 7.51. The van der Waals surface area contributed by atoms with Gasteiger partial charge < -0.3 is 20.4 Å². The van der Waals surface area contributed by atoms with E-state index in [0.717, 1.165) is 45.0 Å². The van der Waals surface area contributed by atoms with E-state index in [4.69, 9.17) is 0 Å². The van der Waals surface area contributed by atoms with Crippen molar-refractivity contribution in [2.24, 2.45) is 0 Å². The zero-order valence-corrected chi connectivity index (χ0v) is 15.4. The first-order chi connectivity index (χ1) is 10.2. The molecule has 0 saturated carbocycles. The summed E-state index contributed by atoms with van der Waals surface area (Å²) in [5, 5.41) is 6.29. The van der Waals surface area contributed by atoms with Crippen molar-refractivity contribution in [3.8, 4) is 0 Å². The van der Waals surface area contributed by atoms with Crippen LogP contribution in [0.25, 0.3) is 0 Å². The number of pyridine rings is 1. The summed E-state index contributed by atoms with van der Waals surface area (Å²) in [6.45, 7) is 6.08. The number of hydrogen-bond donors (Lipinski definition) is 2. The van der Waals surface area contributed by atoms with E-state index in [9.17, 15) is 4.79 Å². The summed E-state index contributed by atoms with van der Waals surface area (Å²) in [7, 11) is 3.86. The third-order valence-corrected chi connectivity index (χ3v) is 3.61.